The first-order valence-electron chi connectivity index (χ1n) is 9.80. The van der Waals surface area contributed by atoms with Gasteiger partial charge in [0.25, 0.3) is 5.91 Å². The highest BCUT2D eigenvalue weighted by atomic mass is 35.5. The summed E-state index contributed by atoms with van der Waals surface area (Å²) in [6.45, 7) is 1.79. The number of halogens is 2. The lowest BCUT2D eigenvalue weighted by molar-refractivity contribution is -0.110. The van der Waals surface area contributed by atoms with Gasteiger partial charge in [-0.1, -0.05) is 23.2 Å². The van der Waals surface area contributed by atoms with Crippen LogP contribution in [-0.2, 0) is 15.5 Å². The molecule has 3 aromatic rings. The Morgan fingerprint density at radius 1 is 1.15 bits per heavy atom. The first-order chi connectivity index (χ1) is 15.7. The van der Waals surface area contributed by atoms with Crippen LogP contribution in [0.1, 0.15) is 24.2 Å². The van der Waals surface area contributed by atoms with Gasteiger partial charge in [0.15, 0.2) is 0 Å². The topological polar surface area (TPSA) is 113 Å². The molecule has 0 aliphatic heterocycles. The average molecular weight is 504 g/mol. The number of anilines is 2. The summed E-state index contributed by atoms with van der Waals surface area (Å²) in [5.74, 6) is -0.184. The lowest BCUT2D eigenvalue weighted by Gasteiger charge is -2.18. The maximum absolute atomic E-state index is 12.7. The average Bonchev–Trinajstić information content (AvgIpc) is 2.75. The van der Waals surface area contributed by atoms with Gasteiger partial charge >= 0.3 is 0 Å². The molecule has 0 bridgehead atoms. The van der Waals surface area contributed by atoms with Crippen LogP contribution in [0.15, 0.2) is 59.2 Å². The molecule has 172 valence electrons. The second-order valence-electron chi connectivity index (χ2n) is 7.27. The Morgan fingerprint density at radius 2 is 1.79 bits per heavy atom. The zero-order valence-electron chi connectivity index (χ0n) is 18.2. The van der Waals surface area contributed by atoms with E-state index in [0.29, 0.717) is 27.0 Å². The van der Waals surface area contributed by atoms with Crippen molar-refractivity contribution in [1.82, 2.24) is 4.98 Å². The maximum Gasteiger partial charge on any atom is 0.274 e. The molecule has 2 aromatic carbocycles. The number of hydrogen-bond acceptors (Lipinski definition) is 6. The molecule has 10 heteroatoms. The van der Waals surface area contributed by atoms with Gasteiger partial charge in [-0.3, -0.25) is 15.2 Å². The van der Waals surface area contributed by atoms with Crippen LogP contribution in [0.4, 0.5) is 17.1 Å². The fourth-order valence-corrected chi connectivity index (χ4v) is 4.25. The van der Waals surface area contributed by atoms with Gasteiger partial charge in [-0.25, -0.2) is 4.36 Å². The number of nitrogens with two attached hydrogens (primary N) is 1. The van der Waals surface area contributed by atoms with Crippen LogP contribution in [0.25, 0.3) is 0 Å². The summed E-state index contributed by atoms with van der Waals surface area (Å²) < 4.78 is 10.4. The molecule has 1 aromatic heterocycles. The van der Waals surface area contributed by atoms with Crippen LogP contribution >= 0.6 is 23.2 Å². The molecule has 0 aliphatic carbocycles. The Bertz CT molecular complexity index is 1210. The minimum absolute atomic E-state index is 0.0806. The van der Waals surface area contributed by atoms with E-state index in [1.165, 1.54) is 12.4 Å². The number of ether oxygens (including phenoxy) is 1. The van der Waals surface area contributed by atoms with Crippen LogP contribution in [0.2, 0.25) is 10.0 Å². The lowest BCUT2D eigenvalue weighted by Crippen LogP contribution is -2.24. The number of nitrogens with one attached hydrogen (secondary N) is 2. The molecule has 0 saturated carbocycles. The van der Waals surface area contributed by atoms with Gasteiger partial charge in [-0.15, -0.1) is 10.7 Å². The zero-order valence-corrected chi connectivity index (χ0v) is 20.6. The van der Waals surface area contributed by atoms with Crippen molar-refractivity contribution in [3.05, 3.63) is 76.0 Å². The Kier molecular flexibility index (Phi) is 8.07. The maximum atomic E-state index is 12.7. The Labute approximate surface area is 204 Å². The summed E-state index contributed by atoms with van der Waals surface area (Å²) in [6, 6.07) is 11.9. The summed E-state index contributed by atoms with van der Waals surface area (Å²) in [5.41, 5.74) is 8.25. The predicted octanol–water partition coefficient (Wildman–Crippen LogP) is 5.81. The molecule has 7 nitrogen and oxygen atoms in total. The van der Waals surface area contributed by atoms with Crippen molar-refractivity contribution in [3.8, 4) is 5.75 Å². The third kappa shape index (κ3) is 6.31. The number of nitrogen functional groups attached to an aromatic ring is 1. The van der Waals surface area contributed by atoms with Gasteiger partial charge in [0.05, 0.1) is 15.7 Å². The second kappa shape index (κ2) is 10.8. The van der Waals surface area contributed by atoms with Crippen molar-refractivity contribution < 1.29 is 9.53 Å². The number of aromatic nitrogens is 1. The van der Waals surface area contributed by atoms with Crippen molar-refractivity contribution in [2.75, 3.05) is 23.6 Å². The van der Waals surface area contributed by atoms with Crippen LogP contribution in [0, 0.1) is 5.41 Å². The van der Waals surface area contributed by atoms with Crippen molar-refractivity contribution in [2.24, 2.45) is 4.36 Å². The summed E-state index contributed by atoms with van der Waals surface area (Å²) in [5, 5.41) is 11.8. The van der Waals surface area contributed by atoms with Gasteiger partial charge in [-0.05, 0) is 61.9 Å². The van der Waals surface area contributed by atoms with Gasteiger partial charge in [0.2, 0.25) is 0 Å². The minimum Gasteiger partial charge on any atom is -0.486 e. The van der Waals surface area contributed by atoms with E-state index in [4.69, 9.17) is 39.1 Å². The van der Waals surface area contributed by atoms with Crippen LogP contribution in [0.5, 0.6) is 5.75 Å². The molecule has 0 spiro atoms. The normalized spacial score (nSPS) is 11.7. The molecule has 3 rings (SSSR count). The Hall–Kier alpha value is -2.94. The molecule has 0 radical (unpaired) electrons. The van der Waals surface area contributed by atoms with Crippen LogP contribution in [-0.4, -0.2) is 29.1 Å². The summed E-state index contributed by atoms with van der Waals surface area (Å²) in [6.07, 6.45) is 6.50. The monoisotopic (exact) mass is 503 g/mol. The van der Waals surface area contributed by atoms with Crippen LogP contribution in [0.3, 0.4) is 0 Å². The smallest absolute Gasteiger partial charge is 0.274 e. The van der Waals surface area contributed by atoms with E-state index in [2.05, 4.69) is 14.7 Å². The SMILES string of the molecule is CC(Oc1ccc(N)c(C(=N)C(=O)Nc2ccc(N=S(C)C)cc2)c1)c1c(Cl)cncc1Cl. The number of carbonyl (C=O) groups excluding carboxylic acids is 1. The van der Waals surface area contributed by atoms with Crippen molar-refractivity contribution in [1.29, 1.82) is 5.41 Å². The quantitative estimate of drug-likeness (QED) is 0.278. The van der Waals surface area contributed by atoms with Gasteiger partial charge in [-0.2, -0.15) is 0 Å². The number of benzene rings is 2. The second-order valence-corrected chi connectivity index (χ2v) is 9.81. The largest absolute Gasteiger partial charge is 0.486 e. The molecule has 1 heterocycles. The standard InChI is InChI=1S/C23H23Cl2N5O2S/c1-13(21-18(24)11-28-12-19(21)25)32-16-8-9-20(26)17(10-16)22(27)23(31)29-14-4-6-15(7-5-14)30-33(2)3/h4-13,27H,26H2,1-3H3,(H,29,31). The number of nitrogens with zero attached hydrogens (tertiary/aromatic N) is 2. The van der Waals surface area contributed by atoms with Gasteiger partial charge < -0.3 is 15.8 Å². The molecule has 1 amide bonds. The molecule has 4 N–H and O–H groups in total. The fourth-order valence-electron chi connectivity index (χ4n) is 3.03. The number of pyridine rings is 1. The summed E-state index contributed by atoms with van der Waals surface area (Å²) in [4.78, 5) is 16.6. The number of carbonyl (C=O) groups is 1. The molecule has 0 fully saturated rings. The van der Waals surface area contributed by atoms with E-state index in [0.717, 1.165) is 5.69 Å². The fraction of sp³-hybridized carbons (Fsp3) is 0.174. The molecule has 1 atom stereocenters. The third-order valence-corrected chi connectivity index (χ3v) is 5.72. The third-order valence-electron chi connectivity index (χ3n) is 4.54. The lowest BCUT2D eigenvalue weighted by atomic mass is 10.1. The number of rotatable bonds is 7. The van der Waals surface area contributed by atoms with Gasteiger partial charge in [0, 0.05) is 34.9 Å². The molecule has 0 aliphatic rings. The van der Waals surface area contributed by atoms with Crippen molar-refractivity contribution in [2.45, 2.75) is 13.0 Å². The van der Waals surface area contributed by atoms with E-state index in [1.807, 2.05) is 24.6 Å². The van der Waals surface area contributed by atoms with E-state index in [1.54, 1.807) is 37.3 Å². The zero-order chi connectivity index (χ0) is 24.1. The highest BCUT2D eigenvalue weighted by Crippen LogP contribution is 2.33. The molecular formula is C23H23Cl2N5O2S. The summed E-state index contributed by atoms with van der Waals surface area (Å²) in [7, 11) is -0.0806. The highest BCUT2D eigenvalue weighted by molar-refractivity contribution is 7.85. The van der Waals surface area contributed by atoms with E-state index in [-0.39, 0.29) is 27.7 Å². The minimum atomic E-state index is -0.595. The molecule has 1 unspecified atom stereocenters. The number of amides is 1. The molecule has 33 heavy (non-hydrogen) atoms. The van der Waals surface area contributed by atoms with Crippen LogP contribution < -0.4 is 15.8 Å². The van der Waals surface area contributed by atoms with E-state index < -0.39 is 12.0 Å². The van der Waals surface area contributed by atoms with Crippen molar-refractivity contribution >= 4 is 62.6 Å². The predicted molar refractivity (Wildman–Crippen MR) is 137 cm³/mol. The van der Waals surface area contributed by atoms with E-state index in [9.17, 15) is 4.79 Å². The summed E-state index contributed by atoms with van der Waals surface area (Å²) >= 11 is 12.4. The number of hydrogen-bond donors (Lipinski definition) is 3. The van der Waals surface area contributed by atoms with E-state index >= 15 is 0 Å². The Balaban J connectivity index is 1.76. The first kappa shape index (κ1) is 24.7. The highest BCUT2D eigenvalue weighted by Gasteiger charge is 2.19. The first-order valence-corrected chi connectivity index (χ1v) is 12.6. The molecular weight excluding hydrogens is 481 g/mol. The Morgan fingerprint density at radius 3 is 2.39 bits per heavy atom. The van der Waals surface area contributed by atoms with Gasteiger partial charge in [0.1, 0.15) is 17.6 Å². The molecule has 0 saturated heterocycles. The van der Waals surface area contributed by atoms with Crippen molar-refractivity contribution in [3.63, 3.8) is 0 Å².